The van der Waals surface area contributed by atoms with E-state index in [1.807, 2.05) is 42.5 Å². The molecule has 0 bridgehead atoms. The number of aromatic nitrogens is 1. The van der Waals surface area contributed by atoms with Gasteiger partial charge in [-0.25, -0.2) is 9.78 Å². The first kappa shape index (κ1) is 27.6. The number of nitrogens with one attached hydrogen (secondary N) is 2. The number of pyridine rings is 1. The number of halogens is 3. The van der Waals surface area contributed by atoms with Crippen LogP contribution in [0.1, 0.15) is 28.8 Å². The zero-order chi connectivity index (χ0) is 26.4. The van der Waals surface area contributed by atoms with Crippen LogP contribution in [0.4, 0.5) is 11.5 Å². The summed E-state index contributed by atoms with van der Waals surface area (Å²) >= 11 is 10.1. The van der Waals surface area contributed by atoms with Gasteiger partial charge in [0.15, 0.2) is 0 Å². The summed E-state index contributed by atoms with van der Waals surface area (Å²) in [5.41, 5.74) is 2.32. The number of amides is 1. The number of hydrogen-bond donors (Lipinski definition) is 3. The van der Waals surface area contributed by atoms with Crippen molar-refractivity contribution in [1.29, 1.82) is 0 Å². The average Bonchev–Trinajstić information content (AvgIpc) is 2.88. The van der Waals surface area contributed by atoms with Crippen molar-refractivity contribution >= 4 is 71.2 Å². The fourth-order valence-corrected chi connectivity index (χ4v) is 7.00. The maximum Gasteiger partial charge on any atom is 0.326 e. The van der Waals surface area contributed by atoms with Crippen molar-refractivity contribution in [1.82, 2.24) is 10.3 Å². The van der Waals surface area contributed by atoms with Gasteiger partial charge in [0.1, 0.15) is 11.9 Å². The molecule has 1 aliphatic heterocycles. The van der Waals surface area contributed by atoms with Crippen LogP contribution >= 0.6 is 47.8 Å². The normalized spacial score (nSPS) is 14.7. The molecule has 2 heterocycles. The van der Waals surface area contributed by atoms with E-state index in [0.29, 0.717) is 20.4 Å². The minimum absolute atomic E-state index is 0.189. The monoisotopic (exact) mass is 692 g/mol. The SMILES string of the molecule is O=C(NC(Cc1ccc(N2CCC(CNc3ccccn3)CC2)cc1)C(=O)O)c1c(Br)cc(Br)cc1Br. The minimum atomic E-state index is -1.08. The molecule has 1 aromatic heterocycles. The molecule has 2 aromatic carbocycles. The van der Waals surface area contributed by atoms with Gasteiger partial charge in [-0.15, -0.1) is 0 Å². The Hall–Kier alpha value is -2.43. The molecule has 3 N–H and O–H groups in total. The third-order valence-electron chi connectivity index (χ3n) is 6.43. The Morgan fingerprint density at radius 2 is 1.70 bits per heavy atom. The second kappa shape index (κ2) is 12.9. The van der Waals surface area contributed by atoms with Crippen LogP contribution in [-0.4, -0.2) is 47.6 Å². The first-order chi connectivity index (χ1) is 17.8. The van der Waals surface area contributed by atoms with Gasteiger partial charge in [0, 0.05) is 51.4 Å². The van der Waals surface area contributed by atoms with Gasteiger partial charge in [0.25, 0.3) is 5.91 Å². The predicted molar refractivity (Wildman–Crippen MR) is 156 cm³/mol. The maximum absolute atomic E-state index is 12.9. The summed E-state index contributed by atoms with van der Waals surface area (Å²) in [5, 5.41) is 15.8. The van der Waals surface area contributed by atoms with Gasteiger partial charge in [-0.05, 0) is 92.6 Å². The van der Waals surface area contributed by atoms with Gasteiger partial charge in [-0.2, -0.15) is 0 Å². The molecule has 0 aliphatic carbocycles. The molecule has 194 valence electrons. The molecule has 0 saturated carbocycles. The first-order valence-electron chi connectivity index (χ1n) is 12.0. The Balaban J connectivity index is 1.31. The van der Waals surface area contributed by atoms with Gasteiger partial charge in [0.05, 0.1) is 5.56 Å². The fraction of sp³-hybridized carbons (Fsp3) is 0.296. The molecule has 1 aliphatic rings. The van der Waals surface area contributed by atoms with Crippen LogP contribution in [-0.2, 0) is 11.2 Å². The number of aliphatic carboxylic acids is 1. The molecule has 0 spiro atoms. The topological polar surface area (TPSA) is 94.6 Å². The molecule has 7 nitrogen and oxygen atoms in total. The quantitative estimate of drug-likeness (QED) is 0.250. The summed E-state index contributed by atoms with van der Waals surface area (Å²) in [7, 11) is 0. The van der Waals surface area contributed by atoms with Crippen molar-refractivity contribution in [2.24, 2.45) is 5.92 Å². The highest BCUT2D eigenvalue weighted by Crippen LogP contribution is 2.30. The Labute approximate surface area is 241 Å². The van der Waals surface area contributed by atoms with Crippen molar-refractivity contribution in [2.45, 2.75) is 25.3 Å². The predicted octanol–water partition coefficient (Wildman–Crippen LogP) is 6.12. The molecule has 1 unspecified atom stereocenters. The van der Waals surface area contributed by atoms with Gasteiger partial charge in [0.2, 0.25) is 0 Å². The summed E-state index contributed by atoms with van der Waals surface area (Å²) in [4.78, 5) is 31.5. The largest absolute Gasteiger partial charge is 0.480 e. The molecule has 0 radical (unpaired) electrons. The fourth-order valence-electron chi connectivity index (χ4n) is 4.38. The summed E-state index contributed by atoms with van der Waals surface area (Å²) < 4.78 is 1.93. The Bertz CT molecular complexity index is 1210. The van der Waals surface area contributed by atoms with E-state index in [0.717, 1.165) is 54.0 Å². The highest BCUT2D eigenvalue weighted by atomic mass is 79.9. The smallest absolute Gasteiger partial charge is 0.326 e. The van der Waals surface area contributed by atoms with E-state index < -0.39 is 17.9 Å². The molecule has 10 heteroatoms. The van der Waals surface area contributed by atoms with Gasteiger partial charge in [-0.3, -0.25) is 4.79 Å². The van der Waals surface area contributed by atoms with Gasteiger partial charge < -0.3 is 20.6 Å². The molecular formula is C27H27Br3N4O3. The number of benzene rings is 2. The number of anilines is 2. The van der Waals surface area contributed by atoms with Crippen molar-refractivity contribution in [3.63, 3.8) is 0 Å². The highest BCUT2D eigenvalue weighted by molar-refractivity contribution is 9.11. The Morgan fingerprint density at radius 1 is 1.03 bits per heavy atom. The third-order valence-corrected chi connectivity index (χ3v) is 8.14. The van der Waals surface area contributed by atoms with E-state index in [-0.39, 0.29) is 6.42 Å². The lowest BCUT2D eigenvalue weighted by Crippen LogP contribution is -2.42. The summed E-state index contributed by atoms with van der Waals surface area (Å²) in [6.07, 6.45) is 4.17. The number of piperidine rings is 1. The van der Waals surface area contributed by atoms with E-state index in [2.05, 4.69) is 68.3 Å². The van der Waals surface area contributed by atoms with Crippen LogP contribution in [0.5, 0.6) is 0 Å². The van der Waals surface area contributed by atoms with Crippen molar-refractivity contribution in [3.8, 4) is 0 Å². The first-order valence-corrected chi connectivity index (χ1v) is 14.3. The molecule has 4 rings (SSSR count). The zero-order valence-electron chi connectivity index (χ0n) is 20.0. The minimum Gasteiger partial charge on any atom is -0.480 e. The van der Waals surface area contributed by atoms with E-state index >= 15 is 0 Å². The van der Waals surface area contributed by atoms with Crippen molar-refractivity contribution < 1.29 is 14.7 Å². The molecule has 1 saturated heterocycles. The molecule has 1 fully saturated rings. The van der Waals surface area contributed by atoms with Crippen LogP contribution in [0.15, 0.2) is 74.2 Å². The lowest BCUT2D eigenvalue weighted by Gasteiger charge is -2.34. The average molecular weight is 695 g/mol. The van der Waals surface area contributed by atoms with Gasteiger partial charge >= 0.3 is 5.97 Å². The summed E-state index contributed by atoms with van der Waals surface area (Å²) in [6, 6.07) is 16.3. The second-order valence-corrected chi connectivity index (χ2v) is 11.6. The lowest BCUT2D eigenvalue weighted by molar-refractivity contribution is -0.139. The standard InChI is InChI=1S/C27H27Br3N4O3/c28-19-14-21(29)25(22(30)15-19)26(35)33-23(27(36)37)13-17-4-6-20(7-5-17)34-11-8-18(9-12-34)16-32-24-3-1-2-10-31-24/h1-7,10,14-15,18,23H,8-9,11-13,16H2,(H,31,32)(H,33,35)(H,36,37). The molecule has 1 amide bonds. The number of nitrogens with zero attached hydrogens (tertiary/aromatic N) is 2. The van der Waals surface area contributed by atoms with E-state index in [4.69, 9.17) is 0 Å². The van der Waals surface area contributed by atoms with E-state index in [1.165, 1.54) is 0 Å². The maximum atomic E-state index is 12.9. The van der Waals surface area contributed by atoms with E-state index in [1.54, 1.807) is 18.3 Å². The van der Waals surface area contributed by atoms with Crippen LogP contribution in [0, 0.1) is 5.92 Å². The number of carbonyl (C=O) groups excluding carboxylic acids is 1. The molecule has 3 aromatic rings. The molecule has 37 heavy (non-hydrogen) atoms. The van der Waals surface area contributed by atoms with E-state index in [9.17, 15) is 14.7 Å². The zero-order valence-corrected chi connectivity index (χ0v) is 24.7. The van der Waals surface area contributed by atoms with Crippen LogP contribution in [0.3, 0.4) is 0 Å². The third kappa shape index (κ3) is 7.55. The van der Waals surface area contributed by atoms with Crippen LogP contribution in [0.2, 0.25) is 0 Å². The van der Waals surface area contributed by atoms with Gasteiger partial charge in [-0.1, -0.05) is 34.1 Å². The van der Waals surface area contributed by atoms with Crippen LogP contribution in [0.25, 0.3) is 0 Å². The molecular weight excluding hydrogens is 668 g/mol. The number of carbonyl (C=O) groups is 2. The molecule has 1 atom stereocenters. The second-order valence-electron chi connectivity index (χ2n) is 9.01. The van der Waals surface area contributed by atoms with Crippen molar-refractivity contribution in [3.05, 3.63) is 85.3 Å². The number of rotatable bonds is 9. The Morgan fingerprint density at radius 3 is 2.30 bits per heavy atom. The number of carboxylic acid groups (broad SMARTS) is 1. The van der Waals surface area contributed by atoms with Crippen LogP contribution < -0.4 is 15.5 Å². The highest BCUT2D eigenvalue weighted by Gasteiger charge is 2.24. The number of hydrogen-bond acceptors (Lipinski definition) is 5. The summed E-state index contributed by atoms with van der Waals surface area (Å²) in [6.45, 7) is 2.86. The van der Waals surface area contributed by atoms with Crippen molar-refractivity contribution in [2.75, 3.05) is 29.9 Å². The Kier molecular flexibility index (Phi) is 9.61. The summed E-state index contributed by atoms with van der Waals surface area (Å²) in [5.74, 6) is -0.0319. The number of carboxylic acids is 1. The lowest BCUT2D eigenvalue weighted by atomic mass is 9.96.